The lowest BCUT2D eigenvalue weighted by Crippen LogP contribution is -2.28. The maximum atomic E-state index is 12.4. The largest absolute Gasteiger partial charge is 0.345 e. The summed E-state index contributed by atoms with van der Waals surface area (Å²) < 4.78 is 3.55. The van der Waals surface area contributed by atoms with Crippen LogP contribution in [0.3, 0.4) is 0 Å². The molecule has 4 rings (SSSR count). The van der Waals surface area contributed by atoms with E-state index in [0.717, 1.165) is 37.4 Å². The molecule has 0 saturated heterocycles. The molecule has 0 spiro atoms. The van der Waals surface area contributed by atoms with Gasteiger partial charge >= 0.3 is 5.69 Å². The van der Waals surface area contributed by atoms with Gasteiger partial charge in [-0.3, -0.25) is 4.57 Å². The molecule has 0 N–H and O–H groups in total. The molecule has 1 aromatic heterocycles. The molecular weight excluding hydrogens is 270 g/mol. The van der Waals surface area contributed by atoms with Crippen molar-refractivity contribution in [3.63, 3.8) is 0 Å². The number of aromatic nitrogens is 3. The number of hydrogen-bond acceptors (Lipinski definition) is 3. The van der Waals surface area contributed by atoms with Crippen molar-refractivity contribution in [1.82, 2.24) is 14.3 Å². The zero-order valence-corrected chi connectivity index (χ0v) is 12.1. The summed E-state index contributed by atoms with van der Waals surface area (Å²) in [5.74, 6) is 2.43. The van der Waals surface area contributed by atoms with Gasteiger partial charge in [-0.25, -0.2) is 9.48 Å². The fraction of sp³-hybridized carbons (Fsp3) is 0.467. The van der Waals surface area contributed by atoms with Crippen molar-refractivity contribution in [1.29, 1.82) is 0 Å². The van der Waals surface area contributed by atoms with Crippen LogP contribution in [0.25, 0.3) is 0 Å². The normalized spacial score (nSPS) is 20.7. The van der Waals surface area contributed by atoms with E-state index in [1.807, 2.05) is 16.3 Å². The van der Waals surface area contributed by atoms with Crippen LogP contribution in [0.2, 0.25) is 0 Å². The Bertz CT molecular complexity index is 703. The summed E-state index contributed by atoms with van der Waals surface area (Å²) in [6.07, 6.45) is 3.19. The molecule has 1 aromatic carbocycles. The van der Waals surface area contributed by atoms with Gasteiger partial charge in [0, 0.05) is 29.5 Å². The predicted octanol–water partition coefficient (Wildman–Crippen LogP) is 2.27. The van der Waals surface area contributed by atoms with Crippen LogP contribution in [0, 0.1) is 0 Å². The van der Waals surface area contributed by atoms with Crippen molar-refractivity contribution < 1.29 is 0 Å². The van der Waals surface area contributed by atoms with Crippen LogP contribution in [0.4, 0.5) is 0 Å². The predicted molar refractivity (Wildman–Crippen MR) is 79.3 cm³/mol. The standard InChI is InChI=1S/C15H17N3OS/c19-15-17-8-4-3-7-14(17)16-18(15)9-11-10-20-13-6-2-1-5-12(11)13/h1-2,5-6,11H,3-4,7-10H2. The first kappa shape index (κ1) is 12.3. The van der Waals surface area contributed by atoms with E-state index >= 15 is 0 Å². The Kier molecular flexibility index (Phi) is 2.95. The first-order chi connectivity index (χ1) is 9.83. The molecule has 20 heavy (non-hydrogen) atoms. The molecule has 2 aliphatic heterocycles. The second-order valence-corrected chi connectivity index (χ2v) is 6.60. The average molecular weight is 287 g/mol. The Labute approximate surface area is 121 Å². The maximum Gasteiger partial charge on any atom is 0.345 e. The van der Waals surface area contributed by atoms with Gasteiger partial charge in [-0.1, -0.05) is 18.2 Å². The molecule has 2 aromatic rings. The highest BCUT2D eigenvalue weighted by atomic mass is 32.2. The molecule has 4 nitrogen and oxygen atoms in total. The topological polar surface area (TPSA) is 39.8 Å². The monoisotopic (exact) mass is 287 g/mol. The van der Waals surface area contributed by atoms with Gasteiger partial charge in [0.05, 0.1) is 6.54 Å². The quantitative estimate of drug-likeness (QED) is 0.850. The van der Waals surface area contributed by atoms with E-state index in [1.165, 1.54) is 10.5 Å². The lowest BCUT2D eigenvalue weighted by atomic mass is 10.0. The van der Waals surface area contributed by atoms with Crippen LogP contribution >= 0.6 is 11.8 Å². The highest BCUT2D eigenvalue weighted by Crippen LogP contribution is 2.39. The van der Waals surface area contributed by atoms with Crippen LogP contribution in [-0.2, 0) is 19.5 Å². The minimum Gasteiger partial charge on any atom is -0.279 e. The van der Waals surface area contributed by atoms with E-state index in [0.29, 0.717) is 12.5 Å². The van der Waals surface area contributed by atoms with Crippen LogP contribution in [0.15, 0.2) is 34.0 Å². The van der Waals surface area contributed by atoms with E-state index in [2.05, 4.69) is 29.4 Å². The molecule has 104 valence electrons. The summed E-state index contributed by atoms with van der Waals surface area (Å²) in [5.41, 5.74) is 1.45. The van der Waals surface area contributed by atoms with Gasteiger partial charge in [0.15, 0.2) is 0 Å². The van der Waals surface area contributed by atoms with E-state index in [1.54, 1.807) is 4.68 Å². The Balaban J connectivity index is 1.65. The van der Waals surface area contributed by atoms with Gasteiger partial charge in [-0.15, -0.1) is 11.8 Å². The zero-order valence-electron chi connectivity index (χ0n) is 11.3. The number of benzene rings is 1. The second-order valence-electron chi connectivity index (χ2n) is 5.54. The van der Waals surface area contributed by atoms with Gasteiger partial charge in [-0.05, 0) is 24.5 Å². The highest BCUT2D eigenvalue weighted by molar-refractivity contribution is 7.99. The Hall–Kier alpha value is -1.49. The highest BCUT2D eigenvalue weighted by Gasteiger charge is 2.25. The van der Waals surface area contributed by atoms with E-state index in [9.17, 15) is 4.79 Å². The third-order valence-electron chi connectivity index (χ3n) is 4.22. The van der Waals surface area contributed by atoms with Crippen molar-refractivity contribution in [3.05, 3.63) is 46.1 Å². The molecule has 1 unspecified atom stereocenters. The summed E-state index contributed by atoms with van der Waals surface area (Å²) in [4.78, 5) is 13.7. The number of fused-ring (bicyclic) bond motifs is 2. The smallest absolute Gasteiger partial charge is 0.279 e. The number of aryl methyl sites for hydroxylation is 1. The summed E-state index contributed by atoms with van der Waals surface area (Å²) in [6.45, 7) is 1.55. The minimum absolute atomic E-state index is 0.0779. The molecule has 2 aliphatic rings. The van der Waals surface area contributed by atoms with Crippen LogP contribution in [0.5, 0.6) is 0 Å². The third kappa shape index (κ3) is 1.92. The number of hydrogen-bond donors (Lipinski definition) is 0. The van der Waals surface area contributed by atoms with Crippen LogP contribution in [-0.4, -0.2) is 20.1 Å². The van der Waals surface area contributed by atoms with Crippen molar-refractivity contribution >= 4 is 11.8 Å². The fourth-order valence-electron chi connectivity index (χ4n) is 3.16. The lowest BCUT2D eigenvalue weighted by molar-refractivity contribution is 0.505. The lowest BCUT2D eigenvalue weighted by Gasteiger charge is -2.09. The molecule has 0 amide bonds. The molecule has 0 fully saturated rings. The van der Waals surface area contributed by atoms with Crippen molar-refractivity contribution in [2.45, 2.75) is 43.2 Å². The zero-order chi connectivity index (χ0) is 13.5. The second kappa shape index (κ2) is 4.81. The molecular formula is C15H17N3OS. The Morgan fingerprint density at radius 2 is 2.20 bits per heavy atom. The van der Waals surface area contributed by atoms with Gasteiger partial charge in [0.1, 0.15) is 5.82 Å². The van der Waals surface area contributed by atoms with Gasteiger partial charge in [0.2, 0.25) is 0 Å². The molecule has 0 bridgehead atoms. The van der Waals surface area contributed by atoms with E-state index < -0.39 is 0 Å². The summed E-state index contributed by atoms with van der Waals surface area (Å²) >= 11 is 1.89. The molecule has 5 heteroatoms. The SMILES string of the molecule is O=c1n(CC2CSc3ccccc32)nc2n1CCCC2. The minimum atomic E-state index is 0.0779. The number of rotatable bonds is 2. The van der Waals surface area contributed by atoms with Crippen LogP contribution in [0.1, 0.15) is 30.1 Å². The van der Waals surface area contributed by atoms with Crippen molar-refractivity contribution in [2.24, 2.45) is 0 Å². The summed E-state index contributed by atoms with van der Waals surface area (Å²) in [7, 11) is 0. The van der Waals surface area contributed by atoms with E-state index in [-0.39, 0.29) is 5.69 Å². The summed E-state index contributed by atoms with van der Waals surface area (Å²) in [6, 6.07) is 8.51. The molecule has 0 radical (unpaired) electrons. The maximum absolute atomic E-state index is 12.4. The van der Waals surface area contributed by atoms with Crippen molar-refractivity contribution in [2.75, 3.05) is 5.75 Å². The Morgan fingerprint density at radius 3 is 3.10 bits per heavy atom. The number of thioether (sulfide) groups is 1. The van der Waals surface area contributed by atoms with Gasteiger partial charge in [-0.2, -0.15) is 5.10 Å². The first-order valence-corrected chi connectivity index (χ1v) is 8.20. The molecule has 1 atom stereocenters. The van der Waals surface area contributed by atoms with Gasteiger partial charge in [0.25, 0.3) is 0 Å². The number of nitrogens with zero attached hydrogens (tertiary/aromatic N) is 3. The molecule has 0 aliphatic carbocycles. The van der Waals surface area contributed by atoms with Crippen molar-refractivity contribution in [3.8, 4) is 0 Å². The fourth-order valence-corrected chi connectivity index (χ4v) is 4.40. The molecule has 3 heterocycles. The Morgan fingerprint density at radius 1 is 1.30 bits per heavy atom. The van der Waals surface area contributed by atoms with Gasteiger partial charge < -0.3 is 0 Å². The summed E-state index contributed by atoms with van der Waals surface area (Å²) in [5, 5.41) is 4.54. The van der Waals surface area contributed by atoms with Crippen LogP contribution < -0.4 is 5.69 Å². The average Bonchev–Trinajstić information content (AvgIpc) is 3.03. The molecule has 0 saturated carbocycles. The first-order valence-electron chi connectivity index (χ1n) is 7.21. The van der Waals surface area contributed by atoms with E-state index in [4.69, 9.17) is 0 Å². The third-order valence-corrected chi connectivity index (χ3v) is 5.48.